The first-order valence-electron chi connectivity index (χ1n) is 9.71. The Morgan fingerprint density at radius 2 is 1.72 bits per heavy atom. The molecule has 3 aromatic rings. The predicted molar refractivity (Wildman–Crippen MR) is 121 cm³/mol. The summed E-state index contributed by atoms with van der Waals surface area (Å²) in [4.78, 5) is 25.4. The molecule has 1 aromatic heterocycles. The second-order valence-corrected chi connectivity index (χ2v) is 9.40. The van der Waals surface area contributed by atoms with Crippen LogP contribution in [0, 0.1) is 0 Å². The van der Waals surface area contributed by atoms with Crippen molar-refractivity contribution in [2.75, 3.05) is 18.5 Å². The SMILES string of the molecule is CCOc1ccccc1NC(=O)[C@@H](OC(=O)CNS(=O)(=O)c1cccs1)c1ccccc1. The molecule has 32 heavy (non-hydrogen) atoms. The molecule has 0 bridgehead atoms. The summed E-state index contributed by atoms with van der Waals surface area (Å²) in [6.45, 7) is 1.62. The minimum absolute atomic E-state index is 0.0789. The molecule has 8 nitrogen and oxygen atoms in total. The first kappa shape index (κ1) is 23.5. The van der Waals surface area contributed by atoms with Crippen molar-refractivity contribution in [1.29, 1.82) is 0 Å². The fraction of sp³-hybridized carbons (Fsp3) is 0.182. The van der Waals surface area contributed by atoms with Gasteiger partial charge in [-0.2, -0.15) is 4.72 Å². The smallest absolute Gasteiger partial charge is 0.322 e. The molecule has 0 saturated heterocycles. The van der Waals surface area contributed by atoms with E-state index in [4.69, 9.17) is 9.47 Å². The Morgan fingerprint density at radius 1 is 1.00 bits per heavy atom. The van der Waals surface area contributed by atoms with E-state index in [0.717, 1.165) is 11.3 Å². The number of hydrogen-bond acceptors (Lipinski definition) is 7. The van der Waals surface area contributed by atoms with E-state index in [1.54, 1.807) is 66.0 Å². The third kappa shape index (κ3) is 6.16. The average Bonchev–Trinajstić information content (AvgIpc) is 3.34. The van der Waals surface area contributed by atoms with Gasteiger partial charge in [0.25, 0.3) is 15.9 Å². The number of carbonyl (C=O) groups is 2. The summed E-state index contributed by atoms with van der Waals surface area (Å²) in [5, 5.41) is 4.33. The largest absolute Gasteiger partial charge is 0.492 e. The van der Waals surface area contributed by atoms with Gasteiger partial charge in [0, 0.05) is 5.56 Å². The van der Waals surface area contributed by atoms with Gasteiger partial charge in [0.05, 0.1) is 12.3 Å². The lowest BCUT2D eigenvalue weighted by molar-refractivity contribution is -0.153. The van der Waals surface area contributed by atoms with Crippen LogP contribution >= 0.6 is 11.3 Å². The van der Waals surface area contributed by atoms with Crippen molar-refractivity contribution in [3.8, 4) is 5.75 Å². The fourth-order valence-electron chi connectivity index (χ4n) is 2.76. The Balaban J connectivity index is 1.74. The summed E-state index contributed by atoms with van der Waals surface area (Å²) in [6.07, 6.45) is -1.29. The molecule has 0 spiro atoms. The standard InChI is InChI=1S/C22H22N2O6S2/c1-2-29-18-12-7-6-11-17(18)24-22(26)21(16-9-4-3-5-10-16)30-19(25)15-23-32(27,28)20-13-8-14-31-20/h3-14,21,23H,2,15H2,1H3,(H,24,26)/t21-/m0/s1. The number of sulfonamides is 1. The minimum Gasteiger partial charge on any atom is -0.492 e. The van der Waals surface area contributed by atoms with Crippen molar-refractivity contribution in [2.45, 2.75) is 17.2 Å². The van der Waals surface area contributed by atoms with Crippen molar-refractivity contribution in [3.63, 3.8) is 0 Å². The van der Waals surface area contributed by atoms with Crippen molar-refractivity contribution in [3.05, 3.63) is 77.7 Å². The number of anilines is 1. The van der Waals surface area contributed by atoms with Crippen LogP contribution in [0.4, 0.5) is 5.69 Å². The van der Waals surface area contributed by atoms with Gasteiger partial charge < -0.3 is 14.8 Å². The second kappa shape index (κ2) is 10.9. The predicted octanol–water partition coefficient (Wildman–Crippen LogP) is 3.35. The molecule has 1 amide bonds. The number of thiophene rings is 1. The van der Waals surface area contributed by atoms with Crippen LogP contribution in [0.2, 0.25) is 0 Å². The number of amides is 1. The molecular formula is C22H22N2O6S2. The summed E-state index contributed by atoms with van der Waals surface area (Å²) in [7, 11) is -3.84. The lowest BCUT2D eigenvalue weighted by Gasteiger charge is -2.19. The van der Waals surface area contributed by atoms with Crippen molar-refractivity contribution in [2.24, 2.45) is 0 Å². The zero-order valence-corrected chi connectivity index (χ0v) is 18.8. The number of esters is 1. The maximum Gasteiger partial charge on any atom is 0.322 e. The Morgan fingerprint density at radius 3 is 2.41 bits per heavy atom. The molecule has 3 rings (SSSR count). The fourth-order valence-corrected chi connectivity index (χ4v) is 4.77. The number of nitrogens with one attached hydrogen (secondary N) is 2. The third-order valence-corrected chi connectivity index (χ3v) is 7.00. The Labute approximate surface area is 190 Å². The van der Waals surface area contributed by atoms with Crippen molar-refractivity contribution in [1.82, 2.24) is 4.72 Å². The summed E-state index contributed by atoms with van der Waals surface area (Å²) >= 11 is 1.03. The van der Waals surface area contributed by atoms with E-state index in [2.05, 4.69) is 10.0 Å². The highest BCUT2D eigenvalue weighted by atomic mass is 32.2. The number of rotatable bonds is 10. The summed E-state index contributed by atoms with van der Waals surface area (Å²) < 4.78 is 37.6. The monoisotopic (exact) mass is 474 g/mol. The van der Waals surface area contributed by atoms with Gasteiger partial charge in [-0.25, -0.2) is 8.42 Å². The molecule has 0 aliphatic heterocycles. The van der Waals surface area contributed by atoms with E-state index in [1.807, 2.05) is 6.92 Å². The van der Waals surface area contributed by atoms with Gasteiger partial charge in [-0.15, -0.1) is 11.3 Å². The van der Waals surface area contributed by atoms with Crippen molar-refractivity contribution < 1.29 is 27.5 Å². The number of hydrogen-bond donors (Lipinski definition) is 2. The molecule has 0 fully saturated rings. The molecule has 10 heteroatoms. The van der Waals surface area contributed by atoms with Gasteiger partial charge in [0.2, 0.25) is 6.10 Å². The molecule has 1 atom stereocenters. The van der Waals surface area contributed by atoms with Crippen LogP contribution in [0.25, 0.3) is 0 Å². The van der Waals surface area contributed by atoms with E-state index in [9.17, 15) is 18.0 Å². The van der Waals surface area contributed by atoms with Gasteiger partial charge >= 0.3 is 5.97 Å². The Hall–Kier alpha value is -3.21. The van der Waals surface area contributed by atoms with Gasteiger partial charge in [-0.1, -0.05) is 48.5 Å². The molecule has 0 aliphatic rings. The molecule has 168 valence electrons. The maximum atomic E-state index is 13.0. The molecule has 1 heterocycles. The molecule has 0 aliphatic carbocycles. The lowest BCUT2D eigenvalue weighted by Crippen LogP contribution is -2.33. The minimum atomic E-state index is -3.84. The zero-order valence-electron chi connectivity index (χ0n) is 17.2. The van der Waals surface area contributed by atoms with Crippen LogP contribution < -0.4 is 14.8 Å². The van der Waals surface area contributed by atoms with Crippen LogP contribution in [0.5, 0.6) is 5.75 Å². The number of carbonyl (C=O) groups excluding carboxylic acids is 2. The first-order valence-corrected chi connectivity index (χ1v) is 12.1. The number of benzene rings is 2. The molecular weight excluding hydrogens is 452 g/mol. The van der Waals surface area contributed by atoms with E-state index >= 15 is 0 Å². The van der Waals surface area contributed by atoms with Crippen molar-refractivity contribution >= 4 is 38.9 Å². The molecule has 2 N–H and O–H groups in total. The highest BCUT2D eigenvalue weighted by Crippen LogP contribution is 2.26. The zero-order chi connectivity index (χ0) is 23.0. The average molecular weight is 475 g/mol. The summed E-state index contributed by atoms with van der Waals surface area (Å²) in [5.41, 5.74) is 0.864. The third-order valence-electron chi connectivity index (χ3n) is 4.20. The highest BCUT2D eigenvalue weighted by molar-refractivity contribution is 7.91. The van der Waals surface area contributed by atoms with Crippen LogP contribution in [-0.2, 0) is 24.3 Å². The van der Waals surface area contributed by atoms with Gasteiger partial charge in [0.1, 0.15) is 16.5 Å². The van der Waals surface area contributed by atoms with E-state index in [0.29, 0.717) is 23.6 Å². The Kier molecular flexibility index (Phi) is 7.98. The molecule has 0 unspecified atom stereocenters. The topological polar surface area (TPSA) is 111 Å². The number of ether oxygens (including phenoxy) is 2. The lowest BCUT2D eigenvalue weighted by atomic mass is 10.1. The quantitative estimate of drug-likeness (QED) is 0.436. The molecule has 0 radical (unpaired) electrons. The van der Waals surface area contributed by atoms with Crippen LogP contribution in [0.15, 0.2) is 76.3 Å². The maximum absolute atomic E-state index is 13.0. The molecule has 0 saturated carbocycles. The van der Waals surface area contributed by atoms with Crippen LogP contribution in [0.3, 0.4) is 0 Å². The molecule has 2 aromatic carbocycles. The van der Waals surface area contributed by atoms with E-state index < -0.39 is 34.5 Å². The highest BCUT2D eigenvalue weighted by Gasteiger charge is 2.27. The van der Waals surface area contributed by atoms with Gasteiger partial charge in [-0.05, 0) is 30.5 Å². The first-order chi connectivity index (χ1) is 15.4. The number of para-hydroxylation sites is 2. The van der Waals surface area contributed by atoms with E-state index in [-0.39, 0.29) is 4.21 Å². The van der Waals surface area contributed by atoms with Gasteiger partial charge in [0.15, 0.2) is 0 Å². The van der Waals surface area contributed by atoms with Crippen LogP contribution in [-0.4, -0.2) is 33.4 Å². The van der Waals surface area contributed by atoms with Gasteiger partial charge in [-0.3, -0.25) is 9.59 Å². The summed E-state index contributed by atoms with van der Waals surface area (Å²) in [5.74, 6) is -1.02. The Bertz CT molecular complexity index is 1150. The summed E-state index contributed by atoms with van der Waals surface area (Å²) in [6, 6.07) is 18.4. The van der Waals surface area contributed by atoms with Crippen LogP contribution in [0.1, 0.15) is 18.6 Å². The van der Waals surface area contributed by atoms with E-state index in [1.165, 1.54) is 6.07 Å². The second-order valence-electron chi connectivity index (χ2n) is 6.46. The normalized spacial score (nSPS) is 12.0.